The van der Waals surface area contributed by atoms with Gasteiger partial charge in [-0.05, 0) is 20.8 Å². The van der Waals surface area contributed by atoms with Crippen LogP contribution in [0.15, 0.2) is 6.20 Å². The summed E-state index contributed by atoms with van der Waals surface area (Å²) in [5.74, 6) is -0.893. The van der Waals surface area contributed by atoms with Crippen LogP contribution in [-0.4, -0.2) is 16.1 Å². The fourth-order valence-electron chi connectivity index (χ4n) is 1.01. The van der Waals surface area contributed by atoms with Crippen LogP contribution in [0, 0.1) is 12.3 Å². The molecule has 0 aliphatic rings. The number of aromatic nitrogens is 1. The molecule has 0 aromatic carbocycles. The predicted molar refractivity (Wildman–Crippen MR) is 55.2 cm³/mol. The average molecular weight is 214 g/mol. The lowest BCUT2D eigenvalue weighted by Gasteiger charge is -2.25. The third-order valence-corrected chi connectivity index (χ3v) is 3.27. The molecule has 0 aliphatic carbocycles. The Labute approximate surface area is 86.8 Å². The first-order chi connectivity index (χ1) is 6.35. The van der Waals surface area contributed by atoms with Gasteiger partial charge in [0.15, 0.2) is 0 Å². The summed E-state index contributed by atoms with van der Waals surface area (Å²) in [6.45, 7) is 5.11. The van der Waals surface area contributed by atoms with Crippen molar-refractivity contribution in [3.05, 3.63) is 16.1 Å². The van der Waals surface area contributed by atoms with E-state index in [1.807, 2.05) is 6.92 Å². The summed E-state index contributed by atoms with van der Waals surface area (Å²) >= 11 is 1.44. The number of thiazole rings is 1. The van der Waals surface area contributed by atoms with E-state index in [-0.39, 0.29) is 0 Å². The Morgan fingerprint density at radius 3 is 2.64 bits per heavy atom. The van der Waals surface area contributed by atoms with Gasteiger partial charge >= 0.3 is 5.97 Å². The van der Waals surface area contributed by atoms with Crippen molar-refractivity contribution < 1.29 is 9.90 Å². The molecule has 78 valence electrons. The summed E-state index contributed by atoms with van der Waals surface area (Å²) in [5.41, 5.74) is 4.92. The van der Waals surface area contributed by atoms with Crippen molar-refractivity contribution >= 4 is 17.3 Å². The second kappa shape index (κ2) is 3.67. The highest BCUT2D eigenvalue weighted by molar-refractivity contribution is 7.11. The summed E-state index contributed by atoms with van der Waals surface area (Å²) in [6.07, 6.45) is 1.65. The van der Waals surface area contributed by atoms with Gasteiger partial charge in [-0.25, -0.2) is 4.98 Å². The number of aliphatic carboxylic acids is 1. The largest absolute Gasteiger partial charge is 0.481 e. The van der Waals surface area contributed by atoms with Crippen molar-refractivity contribution in [2.24, 2.45) is 11.1 Å². The molecule has 0 radical (unpaired) electrons. The quantitative estimate of drug-likeness (QED) is 0.800. The maximum absolute atomic E-state index is 10.9. The molecule has 1 rings (SSSR count). The summed E-state index contributed by atoms with van der Waals surface area (Å²) < 4.78 is 0. The first-order valence-electron chi connectivity index (χ1n) is 4.27. The number of rotatable bonds is 3. The Bertz CT molecular complexity index is 346. The van der Waals surface area contributed by atoms with Gasteiger partial charge in [0.25, 0.3) is 0 Å². The van der Waals surface area contributed by atoms with Crippen LogP contribution in [0.2, 0.25) is 0 Å². The number of nitrogens with two attached hydrogens (primary N) is 1. The second-order valence-corrected chi connectivity index (χ2v) is 5.05. The van der Waals surface area contributed by atoms with Gasteiger partial charge in [-0.2, -0.15) is 0 Å². The van der Waals surface area contributed by atoms with E-state index in [4.69, 9.17) is 10.8 Å². The van der Waals surface area contributed by atoms with Crippen LogP contribution in [0.5, 0.6) is 0 Å². The van der Waals surface area contributed by atoms with E-state index in [0.717, 1.165) is 9.88 Å². The van der Waals surface area contributed by atoms with Crippen LogP contribution in [0.25, 0.3) is 0 Å². The molecule has 1 unspecified atom stereocenters. The molecule has 5 heteroatoms. The monoisotopic (exact) mass is 214 g/mol. The molecule has 1 atom stereocenters. The van der Waals surface area contributed by atoms with Crippen molar-refractivity contribution in [1.29, 1.82) is 0 Å². The minimum Gasteiger partial charge on any atom is -0.481 e. The van der Waals surface area contributed by atoms with Gasteiger partial charge in [-0.1, -0.05) is 0 Å². The molecule has 0 spiro atoms. The third kappa shape index (κ3) is 1.93. The Balaban J connectivity index is 2.95. The molecule has 14 heavy (non-hydrogen) atoms. The summed E-state index contributed by atoms with van der Waals surface area (Å²) in [4.78, 5) is 15.8. The Morgan fingerprint density at radius 1 is 1.71 bits per heavy atom. The molecule has 0 bridgehead atoms. The molecule has 1 heterocycles. The third-order valence-electron chi connectivity index (χ3n) is 2.27. The molecule has 3 N–H and O–H groups in total. The maximum atomic E-state index is 10.9. The van der Waals surface area contributed by atoms with Gasteiger partial charge in [0.05, 0.1) is 16.5 Å². The lowest BCUT2D eigenvalue weighted by Crippen LogP contribution is -2.35. The van der Waals surface area contributed by atoms with Crippen LogP contribution in [0.1, 0.15) is 29.8 Å². The predicted octanol–water partition coefficient (Wildman–Crippen LogP) is 1.56. The molecule has 4 nitrogen and oxygen atoms in total. The Morgan fingerprint density at radius 2 is 2.29 bits per heavy atom. The standard InChI is InChI=1S/C9H14N2O2S/c1-5-11-4-6(14-5)7(10)9(2,3)8(12)13/h4,7H,10H2,1-3H3,(H,12,13). The first kappa shape index (κ1) is 11.1. The maximum Gasteiger partial charge on any atom is 0.311 e. The van der Waals surface area contributed by atoms with Crippen LogP contribution in [0.4, 0.5) is 0 Å². The molecule has 0 amide bonds. The van der Waals surface area contributed by atoms with E-state index in [0.29, 0.717) is 0 Å². The zero-order valence-corrected chi connectivity index (χ0v) is 9.26. The number of aryl methyl sites for hydroxylation is 1. The van der Waals surface area contributed by atoms with E-state index in [2.05, 4.69) is 4.98 Å². The lowest BCUT2D eigenvalue weighted by molar-refractivity contribution is -0.148. The Kier molecular flexibility index (Phi) is 2.92. The van der Waals surface area contributed by atoms with Gasteiger partial charge in [-0.15, -0.1) is 11.3 Å². The van der Waals surface area contributed by atoms with Crippen LogP contribution >= 0.6 is 11.3 Å². The lowest BCUT2D eigenvalue weighted by atomic mass is 9.84. The molecule has 0 aliphatic heterocycles. The first-order valence-corrected chi connectivity index (χ1v) is 5.08. The molecular formula is C9H14N2O2S. The van der Waals surface area contributed by atoms with Gasteiger partial charge in [0, 0.05) is 11.1 Å². The highest BCUT2D eigenvalue weighted by atomic mass is 32.1. The number of hydrogen-bond acceptors (Lipinski definition) is 4. The van der Waals surface area contributed by atoms with Gasteiger partial charge in [0.1, 0.15) is 0 Å². The van der Waals surface area contributed by atoms with Crippen molar-refractivity contribution in [3.8, 4) is 0 Å². The van der Waals surface area contributed by atoms with Crippen LogP contribution in [0.3, 0.4) is 0 Å². The molecule has 0 saturated carbocycles. The number of carbonyl (C=O) groups is 1. The average Bonchev–Trinajstić information content (AvgIpc) is 2.50. The summed E-state index contributed by atoms with van der Waals surface area (Å²) in [6, 6.07) is -0.508. The molecule has 1 aromatic heterocycles. The molecule has 1 aromatic rings. The normalized spacial score (nSPS) is 14.0. The molecular weight excluding hydrogens is 200 g/mol. The SMILES string of the molecule is Cc1ncc(C(N)C(C)(C)C(=O)O)s1. The minimum absolute atomic E-state index is 0.508. The molecule has 0 saturated heterocycles. The van der Waals surface area contributed by atoms with Crippen LogP contribution in [-0.2, 0) is 4.79 Å². The van der Waals surface area contributed by atoms with Gasteiger partial charge in [0.2, 0.25) is 0 Å². The van der Waals surface area contributed by atoms with Crippen molar-refractivity contribution in [2.45, 2.75) is 26.8 Å². The molecule has 0 fully saturated rings. The van der Waals surface area contributed by atoms with Crippen molar-refractivity contribution in [1.82, 2.24) is 4.98 Å². The van der Waals surface area contributed by atoms with E-state index in [1.54, 1.807) is 20.0 Å². The number of hydrogen-bond donors (Lipinski definition) is 2. The summed E-state index contributed by atoms with van der Waals surface area (Å²) in [5, 5.41) is 9.88. The summed E-state index contributed by atoms with van der Waals surface area (Å²) in [7, 11) is 0. The zero-order valence-electron chi connectivity index (χ0n) is 8.44. The fourth-order valence-corrected chi connectivity index (χ4v) is 1.98. The van der Waals surface area contributed by atoms with Crippen molar-refractivity contribution in [2.75, 3.05) is 0 Å². The van der Waals surface area contributed by atoms with Crippen LogP contribution < -0.4 is 5.73 Å². The van der Waals surface area contributed by atoms with E-state index < -0.39 is 17.4 Å². The topological polar surface area (TPSA) is 76.2 Å². The smallest absolute Gasteiger partial charge is 0.311 e. The number of carboxylic acids is 1. The Hall–Kier alpha value is -0.940. The van der Waals surface area contributed by atoms with Crippen molar-refractivity contribution in [3.63, 3.8) is 0 Å². The highest BCUT2D eigenvalue weighted by Crippen LogP contribution is 2.33. The number of nitrogens with zero attached hydrogens (tertiary/aromatic N) is 1. The van der Waals surface area contributed by atoms with Gasteiger partial charge in [-0.3, -0.25) is 4.79 Å². The van der Waals surface area contributed by atoms with Gasteiger partial charge < -0.3 is 10.8 Å². The van der Waals surface area contributed by atoms with E-state index in [1.165, 1.54) is 11.3 Å². The highest BCUT2D eigenvalue weighted by Gasteiger charge is 2.36. The van der Waals surface area contributed by atoms with E-state index in [9.17, 15) is 4.79 Å². The minimum atomic E-state index is -0.959. The second-order valence-electron chi connectivity index (χ2n) is 3.79. The fraction of sp³-hybridized carbons (Fsp3) is 0.556. The van der Waals surface area contributed by atoms with E-state index >= 15 is 0 Å². The number of carboxylic acid groups (broad SMARTS) is 1. The zero-order chi connectivity index (χ0) is 10.9.